The first-order valence-corrected chi connectivity index (χ1v) is 7.89. The predicted molar refractivity (Wildman–Crippen MR) is 85.7 cm³/mol. The van der Waals surface area contributed by atoms with Gasteiger partial charge in [0.05, 0.1) is 5.69 Å². The zero-order valence-corrected chi connectivity index (χ0v) is 13.8. The molecule has 0 bridgehead atoms. The normalized spacial score (nSPS) is 11.8. The molecule has 0 atom stereocenters. The standard InChI is InChI=1S/C14H25N5S/c1-5-8-11-12-13(17(4)16-11)19(14(20)15-12)10-9-18(6-2)7-3/h5-10H2,1-4H3,(H,15,20). The van der Waals surface area contributed by atoms with E-state index in [9.17, 15) is 0 Å². The monoisotopic (exact) mass is 295 g/mol. The Labute approximate surface area is 125 Å². The zero-order valence-electron chi connectivity index (χ0n) is 12.9. The van der Waals surface area contributed by atoms with Gasteiger partial charge in [-0.15, -0.1) is 0 Å². The maximum Gasteiger partial charge on any atom is 0.179 e. The number of hydrogen-bond donors (Lipinski definition) is 1. The highest BCUT2D eigenvalue weighted by Crippen LogP contribution is 2.19. The number of aromatic nitrogens is 4. The molecule has 0 spiro atoms. The van der Waals surface area contributed by atoms with Crippen LogP contribution in [0.15, 0.2) is 0 Å². The Kier molecular flexibility index (Phi) is 4.99. The summed E-state index contributed by atoms with van der Waals surface area (Å²) in [7, 11) is 2.00. The van der Waals surface area contributed by atoms with Crippen molar-refractivity contribution in [1.29, 1.82) is 0 Å². The molecule has 20 heavy (non-hydrogen) atoms. The number of aromatic amines is 1. The van der Waals surface area contributed by atoms with Crippen molar-refractivity contribution in [3.05, 3.63) is 10.5 Å². The molecular formula is C14H25N5S. The molecule has 0 saturated heterocycles. The van der Waals surface area contributed by atoms with E-state index < -0.39 is 0 Å². The molecule has 0 unspecified atom stereocenters. The topological polar surface area (TPSA) is 41.8 Å². The average molecular weight is 295 g/mol. The summed E-state index contributed by atoms with van der Waals surface area (Å²) in [5, 5.41) is 4.61. The van der Waals surface area contributed by atoms with Crippen LogP contribution in [0.4, 0.5) is 0 Å². The fraction of sp³-hybridized carbons (Fsp3) is 0.714. The van der Waals surface area contributed by atoms with E-state index in [-0.39, 0.29) is 0 Å². The zero-order chi connectivity index (χ0) is 14.7. The number of likely N-dealkylation sites (N-methyl/N-ethyl adjacent to an activating group) is 1. The van der Waals surface area contributed by atoms with Gasteiger partial charge in [-0.25, -0.2) is 0 Å². The van der Waals surface area contributed by atoms with E-state index >= 15 is 0 Å². The number of nitrogens with zero attached hydrogens (tertiary/aromatic N) is 4. The highest BCUT2D eigenvalue weighted by atomic mass is 32.1. The summed E-state index contributed by atoms with van der Waals surface area (Å²) in [6.07, 6.45) is 2.08. The SMILES string of the molecule is CCCc1nn(C)c2c1[nH]c(=S)n2CCN(CC)CC. The van der Waals surface area contributed by atoms with Crippen molar-refractivity contribution < 1.29 is 0 Å². The lowest BCUT2D eigenvalue weighted by molar-refractivity contribution is 0.291. The molecule has 0 aliphatic rings. The molecule has 0 aliphatic carbocycles. The molecule has 0 radical (unpaired) electrons. The molecule has 112 valence electrons. The summed E-state index contributed by atoms with van der Waals surface area (Å²) in [5.74, 6) is 0. The maximum absolute atomic E-state index is 5.48. The number of fused-ring (bicyclic) bond motifs is 1. The van der Waals surface area contributed by atoms with Crippen molar-refractivity contribution in [3.8, 4) is 0 Å². The van der Waals surface area contributed by atoms with Crippen LogP contribution in [0.2, 0.25) is 0 Å². The van der Waals surface area contributed by atoms with Gasteiger partial charge in [0.2, 0.25) is 0 Å². The summed E-state index contributed by atoms with van der Waals surface area (Å²) in [4.78, 5) is 5.74. The first-order chi connectivity index (χ1) is 9.62. The maximum atomic E-state index is 5.48. The van der Waals surface area contributed by atoms with Crippen molar-refractivity contribution in [1.82, 2.24) is 24.2 Å². The Morgan fingerprint density at radius 2 is 1.95 bits per heavy atom. The molecule has 0 amide bonds. The Morgan fingerprint density at radius 3 is 2.55 bits per heavy atom. The first kappa shape index (κ1) is 15.3. The fourth-order valence-corrected chi connectivity index (χ4v) is 2.96. The van der Waals surface area contributed by atoms with Crippen molar-refractivity contribution in [2.75, 3.05) is 19.6 Å². The Bertz CT molecular complexity index is 617. The minimum atomic E-state index is 0.803. The van der Waals surface area contributed by atoms with Gasteiger partial charge in [-0.1, -0.05) is 27.2 Å². The number of hydrogen-bond acceptors (Lipinski definition) is 3. The molecule has 6 heteroatoms. The molecule has 2 aromatic heterocycles. The molecule has 5 nitrogen and oxygen atoms in total. The summed E-state index contributed by atoms with van der Waals surface area (Å²) in [6.45, 7) is 10.6. The van der Waals surface area contributed by atoms with E-state index in [0.29, 0.717) is 0 Å². The lowest BCUT2D eigenvalue weighted by Crippen LogP contribution is -2.27. The van der Waals surface area contributed by atoms with Crippen LogP contribution in [0.1, 0.15) is 32.9 Å². The third kappa shape index (κ3) is 2.81. The van der Waals surface area contributed by atoms with Crippen LogP contribution in [0, 0.1) is 4.77 Å². The fourth-order valence-electron chi connectivity index (χ4n) is 2.68. The van der Waals surface area contributed by atoms with Gasteiger partial charge in [0, 0.05) is 20.1 Å². The third-order valence-corrected chi connectivity index (χ3v) is 4.17. The van der Waals surface area contributed by atoms with Crippen LogP contribution in [0.25, 0.3) is 11.2 Å². The van der Waals surface area contributed by atoms with Gasteiger partial charge in [0.15, 0.2) is 10.4 Å². The van der Waals surface area contributed by atoms with E-state index in [1.54, 1.807) is 0 Å². The number of rotatable bonds is 7. The summed E-state index contributed by atoms with van der Waals surface area (Å²) in [5.41, 5.74) is 3.35. The number of imidazole rings is 1. The van der Waals surface area contributed by atoms with Crippen molar-refractivity contribution in [2.45, 2.75) is 40.2 Å². The van der Waals surface area contributed by atoms with E-state index in [0.717, 1.165) is 60.6 Å². The van der Waals surface area contributed by atoms with E-state index in [2.05, 4.69) is 40.3 Å². The smallest absolute Gasteiger partial charge is 0.179 e. The van der Waals surface area contributed by atoms with Gasteiger partial charge < -0.3 is 14.5 Å². The van der Waals surface area contributed by atoms with Crippen molar-refractivity contribution in [2.24, 2.45) is 7.05 Å². The number of nitrogens with one attached hydrogen (secondary N) is 1. The van der Waals surface area contributed by atoms with Gasteiger partial charge >= 0.3 is 0 Å². The molecular weight excluding hydrogens is 270 g/mol. The van der Waals surface area contributed by atoms with E-state index in [4.69, 9.17) is 12.2 Å². The minimum absolute atomic E-state index is 0.803. The second-order valence-corrected chi connectivity index (χ2v) is 5.51. The molecule has 0 fully saturated rings. The molecule has 2 aromatic rings. The van der Waals surface area contributed by atoms with Crippen LogP contribution in [0.3, 0.4) is 0 Å². The Hall–Kier alpha value is -1.14. The minimum Gasteiger partial charge on any atom is -0.328 e. The van der Waals surface area contributed by atoms with Gasteiger partial charge in [-0.3, -0.25) is 4.68 Å². The third-order valence-electron chi connectivity index (χ3n) is 3.84. The molecule has 0 aliphatic heterocycles. The molecule has 1 N–H and O–H groups in total. The van der Waals surface area contributed by atoms with Gasteiger partial charge in [0.1, 0.15) is 5.52 Å². The lowest BCUT2D eigenvalue weighted by atomic mass is 10.2. The molecule has 0 saturated carbocycles. The van der Waals surface area contributed by atoms with E-state index in [1.807, 2.05) is 11.7 Å². The summed E-state index contributed by atoms with van der Waals surface area (Å²) in [6, 6.07) is 0. The Balaban J connectivity index is 2.33. The first-order valence-electron chi connectivity index (χ1n) is 7.49. The molecule has 0 aromatic carbocycles. The van der Waals surface area contributed by atoms with Crippen LogP contribution < -0.4 is 0 Å². The second kappa shape index (κ2) is 6.54. The second-order valence-electron chi connectivity index (χ2n) is 5.13. The molecule has 2 heterocycles. The highest BCUT2D eigenvalue weighted by molar-refractivity contribution is 7.71. The van der Waals surface area contributed by atoms with Gasteiger partial charge in [-0.05, 0) is 31.7 Å². The van der Waals surface area contributed by atoms with Gasteiger partial charge in [-0.2, -0.15) is 5.10 Å². The quantitative estimate of drug-likeness (QED) is 0.799. The summed E-state index contributed by atoms with van der Waals surface area (Å²) >= 11 is 5.48. The predicted octanol–water partition coefficient (Wildman–Crippen LogP) is 2.73. The van der Waals surface area contributed by atoms with Crippen LogP contribution in [-0.4, -0.2) is 43.9 Å². The van der Waals surface area contributed by atoms with Crippen LogP contribution in [0.5, 0.6) is 0 Å². The van der Waals surface area contributed by atoms with Crippen molar-refractivity contribution >= 4 is 23.4 Å². The number of H-pyrrole nitrogens is 1. The largest absolute Gasteiger partial charge is 0.328 e. The van der Waals surface area contributed by atoms with Crippen LogP contribution in [-0.2, 0) is 20.0 Å². The lowest BCUT2D eigenvalue weighted by Gasteiger charge is -2.18. The van der Waals surface area contributed by atoms with E-state index in [1.165, 1.54) is 0 Å². The van der Waals surface area contributed by atoms with Crippen molar-refractivity contribution in [3.63, 3.8) is 0 Å². The number of aryl methyl sites for hydroxylation is 2. The highest BCUT2D eigenvalue weighted by Gasteiger charge is 2.15. The average Bonchev–Trinajstić information content (AvgIpc) is 2.90. The molecule has 2 rings (SSSR count). The summed E-state index contributed by atoms with van der Waals surface area (Å²) < 4.78 is 4.93. The van der Waals surface area contributed by atoms with Gasteiger partial charge in [0.25, 0.3) is 0 Å². The Morgan fingerprint density at radius 1 is 1.25 bits per heavy atom. The van der Waals surface area contributed by atoms with Crippen LogP contribution >= 0.6 is 12.2 Å².